The molecule has 0 bridgehead atoms. The molecule has 1 aliphatic heterocycles. The summed E-state index contributed by atoms with van der Waals surface area (Å²) in [5.74, 6) is 0.118. The number of carbonyl (C=O) groups excluding carboxylic acids is 2. The monoisotopic (exact) mass is 334 g/mol. The highest BCUT2D eigenvalue weighted by atomic mass is 16.2. The number of allylic oxidation sites excluding steroid dienone is 2. The molecule has 1 unspecified atom stereocenters. The summed E-state index contributed by atoms with van der Waals surface area (Å²) in [7, 11) is 0. The normalized spacial score (nSPS) is 23.4. The van der Waals surface area contributed by atoms with Crippen molar-refractivity contribution in [3.63, 3.8) is 0 Å². The van der Waals surface area contributed by atoms with Crippen LogP contribution in [-0.4, -0.2) is 23.3 Å². The zero-order valence-corrected chi connectivity index (χ0v) is 15.6. The van der Waals surface area contributed by atoms with Gasteiger partial charge >= 0.3 is 0 Å². The molecule has 0 aromatic rings. The zero-order chi connectivity index (χ0) is 17.7. The third-order valence-corrected chi connectivity index (χ3v) is 5.53. The quantitative estimate of drug-likeness (QED) is 0.768. The maximum absolute atomic E-state index is 13.4. The second kappa shape index (κ2) is 8.68. The second-order valence-electron chi connectivity index (χ2n) is 7.92. The molecule has 0 radical (unpaired) electrons. The van der Waals surface area contributed by atoms with E-state index in [0.717, 1.165) is 32.2 Å². The molecular formula is C20H34N2O2. The van der Waals surface area contributed by atoms with Gasteiger partial charge in [-0.2, -0.15) is 0 Å². The third-order valence-electron chi connectivity index (χ3n) is 5.53. The molecule has 1 aliphatic carbocycles. The van der Waals surface area contributed by atoms with Gasteiger partial charge in [0.15, 0.2) is 0 Å². The summed E-state index contributed by atoms with van der Waals surface area (Å²) < 4.78 is 0. The minimum atomic E-state index is -0.338. The molecule has 4 nitrogen and oxygen atoms in total. The predicted octanol–water partition coefficient (Wildman–Crippen LogP) is 3.86. The summed E-state index contributed by atoms with van der Waals surface area (Å²) in [5.41, 5.74) is 6.90. The molecule has 0 spiro atoms. The molecule has 1 fully saturated rings. The number of rotatable bonds is 7. The van der Waals surface area contributed by atoms with E-state index >= 15 is 0 Å². The molecule has 2 amide bonds. The summed E-state index contributed by atoms with van der Waals surface area (Å²) in [6.45, 7) is 7.08. The van der Waals surface area contributed by atoms with E-state index in [-0.39, 0.29) is 23.7 Å². The molecule has 0 saturated carbocycles. The van der Waals surface area contributed by atoms with Crippen LogP contribution in [0, 0.1) is 23.7 Å². The number of fused-ring (bicyclic) bond motifs is 1. The molecule has 24 heavy (non-hydrogen) atoms. The predicted molar refractivity (Wildman–Crippen MR) is 96.9 cm³/mol. The highest BCUT2D eigenvalue weighted by Gasteiger charge is 2.38. The smallest absolute Gasteiger partial charge is 0.230 e. The van der Waals surface area contributed by atoms with Gasteiger partial charge in [-0.05, 0) is 56.8 Å². The highest BCUT2D eigenvalue weighted by molar-refractivity contribution is 5.88. The summed E-state index contributed by atoms with van der Waals surface area (Å²) in [6, 6.07) is 0. The molecule has 136 valence electrons. The van der Waals surface area contributed by atoms with E-state index < -0.39 is 0 Å². The highest BCUT2D eigenvalue weighted by Crippen LogP contribution is 2.37. The number of nitrogens with two attached hydrogens (primary N) is 1. The number of primary amides is 1. The molecule has 0 aromatic carbocycles. The molecular weight excluding hydrogens is 300 g/mol. The second-order valence-corrected chi connectivity index (χ2v) is 7.92. The van der Waals surface area contributed by atoms with Gasteiger partial charge in [0.1, 0.15) is 0 Å². The Balaban J connectivity index is 2.25. The lowest BCUT2D eigenvalue weighted by Gasteiger charge is -2.40. The topological polar surface area (TPSA) is 63.4 Å². The van der Waals surface area contributed by atoms with Gasteiger partial charge in [-0.15, -0.1) is 0 Å². The fraction of sp³-hybridized carbons (Fsp3) is 0.800. The number of carbonyl (C=O) groups is 2. The van der Waals surface area contributed by atoms with Crippen LogP contribution in [0.4, 0.5) is 0 Å². The van der Waals surface area contributed by atoms with Crippen molar-refractivity contribution in [1.82, 2.24) is 4.90 Å². The van der Waals surface area contributed by atoms with E-state index in [1.807, 2.05) is 11.8 Å². The standard InChI is InChI=1S/C20H34N2O2/c1-4-8-16(19(21)23)17(13-14(2)3)20(24)22-12-7-10-15-9-5-6-11-18(15)22/h11,14-17H,4-10,12-13H2,1-3H3,(H2,21,23)/t15?,16-,17+/m0/s1. The average molecular weight is 335 g/mol. The SMILES string of the molecule is CCC[C@H](C(N)=O)[C@@H](CC(C)C)C(=O)N1CCCC2CCCC=C21. The molecule has 1 saturated heterocycles. The first-order chi connectivity index (χ1) is 11.5. The van der Waals surface area contributed by atoms with Crippen LogP contribution < -0.4 is 5.73 Å². The van der Waals surface area contributed by atoms with Crippen molar-refractivity contribution in [2.75, 3.05) is 6.54 Å². The van der Waals surface area contributed by atoms with Gasteiger partial charge in [0.25, 0.3) is 0 Å². The van der Waals surface area contributed by atoms with E-state index in [4.69, 9.17) is 5.73 Å². The fourth-order valence-electron chi connectivity index (χ4n) is 4.41. The van der Waals surface area contributed by atoms with Crippen molar-refractivity contribution >= 4 is 11.8 Å². The van der Waals surface area contributed by atoms with Gasteiger partial charge in [0, 0.05) is 18.2 Å². The van der Waals surface area contributed by atoms with Crippen LogP contribution in [0.15, 0.2) is 11.8 Å². The van der Waals surface area contributed by atoms with Crippen molar-refractivity contribution in [2.24, 2.45) is 29.4 Å². The van der Waals surface area contributed by atoms with Crippen LogP contribution in [0.1, 0.15) is 72.1 Å². The molecule has 2 N–H and O–H groups in total. The third kappa shape index (κ3) is 4.40. The van der Waals surface area contributed by atoms with Crippen LogP contribution in [0.25, 0.3) is 0 Å². The largest absolute Gasteiger partial charge is 0.369 e. The van der Waals surface area contributed by atoms with Crippen molar-refractivity contribution in [1.29, 1.82) is 0 Å². The maximum atomic E-state index is 13.4. The molecule has 0 aromatic heterocycles. The summed E-state index contributed by atoms with van der Waals surface area (Å²) in [6.07, 6.45) is 10.3. The van der Waals surface area contributed by atoms with Crippen LogP contribution in [-0.2, 0) is 9.59 Å². The van der Waals surface area contributed by atoms with Gasteiger partial charge < -0.3 is 10.6 Å². The zero-order valence-electron chi connectivity index (χ0n) is 15.6. The Kier molecular flexibility index (Phi) is 6.88. The lowest BCUT2D eigenvalue weighted by Crippen LogP contribution is -2.46. The van der Waals surface area contributed by atoms with Gasteiger partial charge in [0.2, 0.25) is 11.8 Å². The van der Waals surface area contributed by atoms with E-state index in [9.17, 15) is 9.59 Å². The Morgan fingerprint density at radius 1 is 1.25 bits per heavy atom. The Morgan fingerprint density at radius 3 is 2.58 bits per heavy atom. The first kappa shape index (κ1) is 19.0. The Hall–Kier alpha value is -1.32. The summed E-state index contributed by atoms with van der Waals surface area (Å²) in [4.78, 5) is 27.4. The van der Waals surface area contributed by atoms with Crippen LogP contribution >= 0.6 is 0 Å². The lowest BCUT2D eigenvalue weighted by atomic mass is 9.79. The minimum Gasteiger partial charge on any atom is -0.369 e. The summed E-state index contributed by atoms with van der Waals surface area (Å²) in [5, 5.41) is 0. The molecule has 2 aliphatic rings. The Bertz CT molecular complexity index is 484. The molecule has 2 rings (SSSR count). The fourth-order valence-corrected chi connectivity index (χ4v) is 4.41. The number of hydrogen-bond donors (Lipinski definition) is 1. The minimum absolute atomic E-state index is 0.138. The van der Waals surface area contributed by atoms with Gasteiger partial charge in [-0.1, -0.05) is 33.3 Å². The van der Waals surface area contributed by atoms with Gasteiger partial charge in [-0.3, -0.25) is 9.59 Å². The molecule has 4 heteroatoms. The van der Waals surface area contributed by atoms with Crippen LogP contribution in [0.3, 0.4) is 0 Å². The van der Waals surface area contributed by atoms with Crippen molar-refractivity contribution < 1.29 is 9.59 Å². The van der Waals surface area contributed by atoms with E-state index in [1.165, 1.54) is 25.0 Å². The van der Waals surface area contributed by atoms with E-state index in [2.05, 4.69) is 19.9 Å². The van der Waals surface area contributed by atoms with E-state index in [1.54, 1.807) is 0 Å². The van der Waals surface area contributed by atoms with Crippen molar-refractivity contribution in [3.05, 3.63) is 11.8 Å². The number of piperidine rings is 1. The number of hydrogen-bond acceptors (Lipinski definition) is 2. The van der Waals surface area contributed by atoms with Gasteiger partial charge in [-0.25, -0.2) is 0 Å². The van der Waals surface area contributed by atoms with Crippen molar-refractivity contribution in [3.8, 4) is 0 Å². The number of likely N-dealkylation sites (tertiary alicyclic amines) is 1. The number of nitrogens with zero attached hydrogens (tertiary/aromatic N) is 1. The number of amides is 2. The van der Waals surface area contributed by atoms with Gasteiger partial charge in [0.05, 0.1) is 5.92 Å². The Morgan fingerprint density at radius 2 is 1.96 bits per heavy atom. The lowest BCUT2D eigenvalue weighted by molar-refractivity contribution is -0.141. The molecule has 1 heterocycles. The molecule has 3 atom stereocenters. The Labute approximate surface area is 146 Å². The van der Waals surface area contributed by atoms with Crippen molar-refractivity contribution in [2.45, 2.75) is 72.1 Å². The maximum Gasteiger partial charge on any atom is 0.230 e. The van der Waals surface area contributed by atoms with Crippen LogP contribution in [0.2, 0.25) is 0 Å². The first-order valence-electron chi connectivity index (χ1n) is 9.76. The summed E-state index contributed by atoms with van der Waals surface area (Å²) >= 11 is 0. The van der Waals surface area contributed by atoms with Crippen LogP contribution in [0.5, 0.6) is 0 Å². The van der Waals surface area contributed by atoms with E-state index in [0.29, 0.717) is 18.3 Å². The average Bonchev–Trinajstić information content (AvgIpc) is 2.56. The first-order valence-corrected chi connectivity index (χ1v) is 9.76.